The van der Waals surface area contributed by atoms with E-state index in [1.54, 1.807) is 48.5 Å². The predicted molar refractivity (Wildman–Crippen MR) is 118 cm³/mol. The molecule has 3 aromatic rings. The number of hydrogen-bond acceptors (Lipinski definition) is 4. The predicted octanol–water partition coefficient (Wildman–Crippen LogP) is 4.82. The van der Waals surface area contributed by atoms with Gasteiger partial charge in [-0.1, -0.05) is 48.0 Å². The second-order valence-electron chi connectivity index (χ2n) is 6.90. The zero-order valence-electron chi connectivity index (χ0n) is 17.2. The minimum atomic E-state index is -3.93. The third-order valence-electron chi connectivity index (χ3n) is 4.57. The Labute approximate surface area is 185 Å². The molecule has 0 bridgehead atoms. The fraction of sp³-hybridized carbons (Fsp3) is 0.174. The van der Waals surface area contributed by atoms with Gasteiger partial charge in [-0.2, -0.15) is 8.78 Å². The Morgan fingerprint density at radius 3 is 2.25 bits per heavy atom. The summed E-state index contributed by atoms with van der Waals surface area (Å²) >= 11 is 0. The number of carbonyl (C=O) groups excluding carboxylic acids is 1. The van der Waals surface area contributed by atoms with Crippen LogP contribution in [-0.2, 0) is 14.8 Å². The molecular formula is C23H22F2N2O4S. The first-order valence-corrected chi connectivity index (χ1v) is 11.2. The van der Waals surface area contributed by atoms with Crippen LogP contribution in [-0.4, -0.2) is 27.5 Å². The third-order valence-corrected chi connectivity index (χ3v) is 6.41. The number of ether oxygens (including phenoxy) is 1. The van der Waals surface area contributed by atoms with Crippen LogP contribution in [0.2, 0.25) is 0 Å². The number of sulfonamides is 1. The van der Waals surface area contributed by atoms with E-state index in [1.807, 2.05) is 6.92 Å². The number of hydrogen-bond donors (Lipinski definition) is 1. The average Bonchev–Trinajstić information content (AvgIpc) is 2.76. The van der Waals surface area contributed by atoms with Crippen molar-refractivity contribution in [2.24, 2.45) is 0 Å². The van der Waals surface area contributed by atoms with Crippen LogP contribution in [0, 0.1) is 6.92 Å². The molecule has 168 valence electrons. The lowest BCUT2D eigenvalue weighted by Crippen LogP contribution is -2.34. The highest BCUT2D eigenvalue weighted by Crippen LogP contribution is 2.27. The number of carbonyl (C=O) groups is 1. The molecule has 0 spiro atoms. The smallest absolute Gasteiger partial charge is 0.387 e. The molecule has 0 atom stereocenters. The summed E-state index contributed by atoms with van der Waals surface area (Å²) in [5, 5.41) is 2.50. The van der Waals surface area contributed by atoms with Gasteiger partial charge in [0.1, 0.15) is 5.75 Å². The maximum atomic E-state index is 13.3. The van der Waals surface area contributed by atoms with Gasteiger partial charge in [0.25, 0.3) is 10.0 Å². The van der Waals surface area contributed by atoms with Crippen molar-refractivity contribution >= 4 is 27.3 Å². The van der Waals surface area contributed by atoms with Gasteiger partial charge in [-0.05, 0) is 43.3 Å². The number of aryl methyl sites for hydroxylation is 1. The molecule has 32 heavy (non-hydrogen) atoms. The van der Waals surface area contributed by atoms with E-state index in [0.717, 1.165) is 9.87 Å². The molecule has 9 heteroatoms. The van der Waals surface area contributed by atoms with Crippen LogP contribution in [0.1, 0.15) is 12.0 Å². The number of anilines is 2. The zero-order valence-corrected chi connectivity index (χ0v) is 18.1. The quantitative estimate of drug-likeness (QED) is 0.497. The summed E-state index contributed by atoms with van der Waals surface area (Å²) in [5.41, 5.74) is 1.40. The van der Waals surface area contributed by atoms with Crippen LogP contribution in [0.5, 0.6) is 5.75 Å². The Hall–Kier alpha value is -3.46. The van der Waals surface area contributed by atoms with Crippen molar-refractivity contribution in [2.45, 2.75) is 24.9 Å². The normalized spacial score (nSPS) is 11.2. The number of halogens is 2. The highest BCUT2D eigenvalue weighted by molar-refractivity contribution is 7.92. The fourth-order valence-corrected chi connectivity index (χ4v) is 4.47. The maximum absolute atomic E-state index is 13.3. The van der Waals surface area contributed by atoms with Gasteiger partial charge in [-0.3, -0.25) is 9.10 Å². The molecule has 0 aliphatic carbocycles. The zero-order chi connectivity index (χ0) is 23.1. The summed E-state index contributed by atoms with van der Waals surface area (Å²) in [5.74, 6) is -0.724. The van der Waals surface area contributed by atoms with Gasteiger partial charge in [0, 0.05) is 13.0 Å². The molecule has 3 aromatic carbocycles. The van der Waals surface area contributed by atoms with Crippen LogP contribution >= 0.6 is 0 Å². The van der Waals surface area contributed by atoms with Gasteiger partial charge in [0.15, 0.2) is 0 Å². The van der Waals surface area contributed by atoms with Crippen molar-refractivity contribution in [3.8, 4) is 5.75 Å². The minimum Gasteiger partial charge on any atom is -0.433 e. The van der Waals surface area contributed by atoms with E-state index < -0.39 is 22.5 Å². The number of amides is 1. The first kappa shape index (κ1) is 23.2. The molecule has 0 aromatic heterocycles. The Morgan fingerprint density at radius 2 is 1.59 bits per heavy atom. The number of nitrogens with zero attached hydrogens (tertiary/aromatic N) is 1. The lowest BCUT2D eigenvalue weighted by Gasteiger charge is -2.24. The van der Waals surface area contributed by atoms with Crippen molar-refractivity contribution in [1.82, 2.24) is 0 Å². The summed E-state index contributed by atoms with van der Waals surface area (Å²) in [6.45, 7) is -1.34. The molecule has 3 rings (SSSR count). The van der Waals surface area contributed by atoms with E-state index in [9.17, 15) is 22.0 Å². The maximum Gasteiger partial charge on any atom is 0.387 e. The van der Waals surface area contributed by atoms with Gasteiger partial charge in [0.05, 0.1) is 16.3 Å². The topological polar surface area (TPSA) is 75.7 Å². The molecule has 6 nitrogen and oxygen atoms in total. The molecule has 0 saturated heterocycles. The van der Waals surface area contributed by atoms with Crippen molar-refractivity contribution in [1.29, 1.82) is 0 Å². The van der Waals surface area contributed by atoms with E-state index in [-0.39, 0.29) is 29.3 Å². The second-order valence-corrected chi connectivity index (χ2v) is 8.76. The van der Waals surface area contributed by atoms with E-state index in [0.29, 0.717) is 5.69 Å². The minimum absolute atomic E-state index is 0.0745. The number of nitrogens with one attached hydrogen (secondary N) is 1. The van der Waals surface area contributed by atoms with Crippen molar-refractivity contribution in [3.05, 3.63) is 84.4 Å². The van der Waals surface area contributed by atoms with Gasteiger partial charge >= 0.3 is 6.61 Å². The summed E-state index contributed by atoms with van der Waals surface area (Å²) in [6, 6.07) is 20.6. The van der Waals surface area contributed by atoms with Crippen LogP contribution in [0.15, 0.2) is 83.8 Å². The van der Waals surface area contributed by atoms with E-state index in [4.69, 9.17) is 0 Å². The SMILES string of the molecule is Cc1ccc(S(=O)(=O)N(CCC(=O)Nc2ccccc2OC(F)F)c2ccccc2)cc1. The first-order chi connectivity index (χ1) is 15.3. The van der Waals surface area contributed by atoms with Gasteiger partial charge in [0.2, 0.25) is 5.91 Å². The molecule has 0 fully saturated rings. The largest absolute Gasteiger partial charge is 0.433 e. The van der Waals surface area contributed by atoms with Gasteiger partial charge < -0.3 is 10.1 Å². The molecule has 1 N–H and O–H groups in total. The van der Waals surface area contributed by atoms with Crippen LogP contribution in [0.4, 0.5) is 20.2 Å². The van der Waals surface area contributed by atoms with Crippen LogP contribution in [0.3, 0.4) is 0 Å². The van der Waals surface area contributed by atoms with E-state index in [1.165, 1.54) is 30.3 Å². The third kappa shape index (κ3) is 5.82. The molecule has 0 radical (unpaired) electrons. The summed E-state index contributed by atoms with van der Waals surface area (Å²) in [7, 11) is -3.93. The average molecular weight is 461 g/mol. The lowest BCUT2D eigenvalue weighted by atomic mass is 10.2. The highest BCUT2D eigenvalue weighted by Gasteiger charge is 2.25. The molecular weight excluding hydrogens is 438 g/mol. The Kier molecular flexibility index (Phi) is 7.42. The second kappa shape index (κ2) is 10.2. The molecule has 0 aliphatic rings. The van der Waals surface area contributed by atoms with Crippen LogP contribution < -0.4 is 14.4 Å². The molecule has 0 aliphatic heterocycles. The Bertz CT molecular complexity index is 1150. The molecule has 0 heterocycles. The van der Waals surface area contributed by atoms with Crippen molar-refractivity contribution in [2.75, 3.05) is 16.2 Å². The van der Waals surface area contributed by atoms with Gasteiger partial charge in [-0.15, -0.1) is 0 Å². The van der Waals surface area contributed by atoms with Gasteiger partial charge in [-0.25, -0.2) is 8.42 Å². The van der Waals surface area contributed by atoms with Crippen molar-refractivity contribution in [3.63, 3.8) is 0 Å². The van der Waals surface area contributed by atoms with E-state index in [2.05, 4.69) is 10.1 Å². The molecule has 0 unspecified atom stereocenters. The number of benzene rings is 3. The van der Waals surface area contributed by atoms with Crippen molar-refractivity contribution < 1.29 is 26.7 Å². The summed E-state index contributed by atoms with van der Waals surface area (Å²) in [6.07, 6.45) is -0.205. The van der Waals surface area contributed by atoms with Crippen LogP contribution in [0.25, 0.3) is 0 Å². The summed E-state index contributed by atoms with van der Waals surface area (Å²) in [4.78, 5) is 12.6. The monoisotopic (exact) mass is 460 g/mol. The Morgan fingerprint density at radius 1 is 0.969 bits per heavy atom. The molecule has 0 saturated carbocycles. The fourth-order valence-electron chi connectivity index (χ4n) is 3.00. The Balaban J connectivity index is 1.80. The van der Waals surface area contributed by atoms with E-state index >= 15 is 0 Å². The number of rotatable bonds is 9. The summed E-state index contributed by atoms with van der Waals surface area (Å²) < 4.78 is 57.3. The molecule has 1 amide bonds. The highest BCUT2D eigenvalue weighted by atomic mass is 32.2. The lowest BCUT2D eigenvalue weighted by molar-refractivity contribution is -0.116. The number of alkyl halides is 2. The first-order valence-electron chi connectivity index (χ1n) is 9.75. The number of para-hydroxylation sites is 3. The standard InChI is InChI=1S/C23H22F2N2O4S/c1-17-11-13-19(14-12-17)32(29,30)27(18-7-3-2-4-8-18)16-15-22(28)26-20-9-5-6-10-21(20)31-23(24)25/h2-14,23H,15-16H2,1H3,(H,26,28).